The molecule has 0 saturated carbocycles. The highest BCUT2D eigenvalue weighted by Crippen LogP contribution is 2.34. The van der Waals surface area contributed by atoms with E-state index < -0.39 is 0 Å². The van der Waals surface area contributed by atoms with Crippen LogP contribution in [-0.4, -0.2) is 67.3 Å². The van der Waals surface area contributed by atoms with Crippen LogP contribution in [0, 0.1) is 6.92 Å². The minimum atomic E-state index is -0.299. The van der Waals surface area contributed by atoms with E-state index in [1.165, 1.54) is 0 Å². The average Bonchev–Trinajstić information content (AvgIpc) is 3.25. The number of allylic oxidation sites excluding steroid dienone is 1. The molecular formula is C26H32N4O3. The maximum absolute atomic E-state index is 13.0. The predicted molar refractivity (Wildman–Crippen MR) is 132 cm³/mol. The number of ether oxygens (including phenoxy) is 2. The number of aromatic nitrogens is 2. The highest BCUT2D eigenvalue weighted by atomic mass is 16.5. The molecule has 1 aliphatic rings. The maximum Gasteiger partial charge on any atom is 0.338 e. The Morgan fingerprint density at radius 3 is 2.67 bits per heavy atom. The van der Waals surface area contributed by atoms with E-state index in [0.29, 0.717) is 25.4 Å². The van der Waals surface area contributed by atoms with Gasteiger partial charge in [-0.15, -0.1) is 0 Å². The van der Waals surface area contributed by atoms with Gasteiger partial charge in [-0.25, -0.2) is 9.78 Å². The predicted octanol–water partition coefficient (Wildman–Crippen LogP) is 4.25. The summed E-state index contributed by atoms with van der Waals surface area (Å²) in [7, 11) is 3.95. The third-order valence-electron chi connectivity index (χ3n) is 6.08. The smallest absolute Gasteiger partial charge is 0.338 e. The van der Waals surface area contributed by atoms with E-state index in [2.05, 4.69) is 38.7 Å². The van der Waals surface area contributed by atoms with Crippen LogP contribution in [-0.2, 0) is 9.47 Å². The van der Waals surface area contributed by atoms with E-state index in [4.69, 9.17) is 9.47 Å². The minimum absolute atomic E-state index is 0.299. The van der Waals surface area contributed by atoms with E-state index in [-0.39, 0.29) is 5.97 Å². The summed E-state index contributed by atoms with van der Waals surface area (Å²) >= 11 is 0. The summed E-state index contributed by atoms with van der Waals surface area (Å²) < 4.78 is 13.2. The van der Waals surface area contributed by atoms with Crippen molar-refractivity contribution in [1.82, 2.24) is 14.3 Å². The first-order valence-electron chi connectivity index (χ1n) is 11.4. The number of pyridine rings is 2. The van der Waals surface area contributed by atoms with E-state index in [9.17, 15) is 4.79 Å². The molecule has 3 aromatic rings. The number of morpholine rings is 1. The number of fused-ring (bicyclic) bond motifs is 1. The Hall–Kier alpha value is -3.32. The summed E-state index contributed by atoms with van der Waals surface area (Å²) in [6, 6.07) is 8.13. The number of carbonyl (C=O) groups is 1. The van der Waals surface area contributed by atoms with Gasteiger partial charge in [0.15, 0.2) is 0 Å². The number of hydrogen-bond donors (Lipinski definition) is 0. The lowest BCUT2D eigenvalue weighted by molar-refractivity contribution is 0.0525. The molecule has 0 aliphatic carbocycles. The van der Waals surface area contributed by atoms with Crippen molar-refractivity contribution in [2.75, 3.05) is 51.9 Å². The molecule has 7 nitrogen and oxygen atoms in total. The Kier molecular flexibility index (Phi) is 6.70. The molecule has 0 N–H and O–H groups in total. The SMILES string of the molecule is CC=C(c1c(C)c(C(=O)OCC)cc2c(-c3ccnc(N(C)C)c3)ccn12)N1CCOCC1. The Balaban J connectivity index is 1.96. The minimum Gasteiger partial charge on any atom is -0.462 e. The molecule has 1 aliphatic heterocycles. The van der Waals surface area contributed by atoms with E-state index in [0.717, 1.165) is 52.5 Å². The van der Waals surface area contributed by atoms with Gasteiger partial charge in [-0.3, -0.25) is 0 Å². The van der Waals surface area contributed by atoms with Gasteiger partial charge in [0, 0.05) is 45.1 Å². The standard InChI is InChI=1S/C26H32N4O3/c1-6-22(29-12-14-32-15-13-29)25-18(3)21(26(31)33-7-2)17-23-20(9-11-30(23)25)19-8-10-27-24(16-19)28(4)5/h6,8-11,16-17H,7,12-15H2,1-5H3. The lowest BCUT2D eigenvalue weighted by Crippen LogP contribution is -2.35. The summed E-state index contributed by atoms with van der Waals surface area (Å²) in [6.45, 7) is 9.23. The number of rotatable bonds is 6. The first-order valence-corrected chi connectivity index (χ1v) is 11.4. The molecule has 0 aromatic carbocycles. The van der Waals surface area contributed by atoms with Crippen molar-refractivity contribution in [1.29, 1.82) is 0 Å². The third kappa shape index (κ3) is 4.33. The van der Waals surface area contributed by atoms with Crippen molar-refractivity contribution in [3.63, 3.8) is 0 Å². The fourth-order valence-electron chi connectivity index (χ4n) is 4.42. The maximum atomic E-state index is 13.0. The molecule has 4 heterocycles. The molecule has 0 unspecified atom stereocenters. The summed E-state index contributed by atoms with van der Waals surface area (Å²) in [5, 5.41) is 0. The van der Waals surface area contributed by atoms with Crippen molar-refractivity contribution in [2.45, 2.75) is 20.8 Å². The molecule has 1 saturated heterocycles. The monoisotopic (exact) mass is 448 g/mol. The number of nitrogens with zero attached hydrogens (tertiary/aromatic N) is 4. The molecule has 0 amide bonds. The first kappa shape index (κ1) is 22.9. The van der Waals surface area contributed by atoms with Gasteiger partial charge in [0.2, 0.25) is 0 Å². The van der Waals surface area contributed by atoms with Gasteiger partial charge in [-0.05, 0) is 56.2 Å². The number of esters is 1. The molecule has 174 valence electrons. The molecule has 33 heavy (non-hydrogen) atoms. The van der Waals surface area contributed by atoms with Gasteiger partial charge < -0.3 is 23.7 Å². The largest absolute Gasteiger partial charge is 0.462 e. The van der Waals surface area contributed by atoms with Gasteiger partial charge in [-0.1, -0.05) is 6.08 Å². The van der Waals surface area contributed by atoms with Gasteiger partial charge in [0.1, 0.15) is 5.82 Å². The molecular weight excluding hydrogens is 416 g/mol. The highest BCUT2D eigenvalue weighted by Gasteiger charge is 2.24. The van der Waals surface area contributed by atoms with E-state index in [1.54, 1.807) is 0 Å². The Morgan fingerprint density at radius 1 is 1.24 bits per heavy atom. The Labute approximate surface area is 195 Å². The molecule has 0 radical (unpaired) electrons. The van der Waals surface area contributed by atoms with E-state index in [1.807, 2.05) is 58.1 Å². The topological polar surface area (TPSA) is 59.3 Å². The molecule has 0 bridgehead atoms. The van der Waals surface area contributed by atoms with Crippen LogP contribution in [0.3, 0.4) is 0 Å². The molecule has 0 spiro atoms. The second-order valence-electron chi connectivity index (χ2n) is 8.31. The van der Waals surface area contributed by atoms with Crippen molar-refractivity contribution in [3.05, 3.63) is 59.6 Å². The molecule has 4 rings (SSSR count). The second-order valence-corrected chi connectivity index (χ2v) is 8.31. The number of anilines is 1. The van der Waals surface area contributed by atoms with Crippen molar-refractivity contribution in [3.8, 4) is 11.1 Å². The Bertz CT molecular complexity index is 1190. The lowest BCUT2D eigenvalue weighted by Gasteiger charge is -2.32. The fraction of sp³-hybridized carbons (Fsp3) is 0.385. The zero-order valence-electron chi connectivity index (χ0n) is 20.1. The van der Waals surface area contributed by atoms with Crippen LogP contribution >= 0.6 is 0 Å². The third-order valence-corrected chi connectivity index (χ3v) is 6.08. The van der Waals surface area contributed by atoms with Crippen LogP contribution < -0.4 is 4.90 Å². The van der Waals surface area contributed by atoms with Crippen molar-refractivity contribution in [2.24, 2.45) is 0 Å². The van der Waals surface area contributed by atoms with Crippen molar-refractivity contribution >= 4 is 23.0 Å². The lowest BCUT2D eigenvalue weighted by atomic mass is 10.0. The van der Waals surface area contributed by atoms with Gasteiger partial charge in [0.05, 0.1) is 42.3 Å². The zero-order chi connectivity index (χ0) is 23.5. The first-order chi connectivity index (χ1) is 16.0. The second kappa shape index (κ2) is 9.67. The molecule has 3 aromatic heterocycles. The molecule has 1 fully saturated rings. The van der Waals surface area contributed by atoms with Crippen LogP contribution in [0.1, 0.15) is 35.5 Å². The van der Waals surface area contributed by atoms with Crippen LogP contribution in [0.2, 0.25) is 0 Å². The quantitative estimate of drug-likeness (QED) is 0.526. The molecule has 7 heteroatoms. The van der Waals surface area contributed by atoms with Gasteiger partial charge in [-0.2, -0.15) is 0 Å². The average molecular weight is 449 g/mol. The normalized spacial score (nSPS) is 14.6. The van der Waals surface area contributed by atoms with Crippen LogP contribution in [0.4, 0.5) is 5.82 Å². The Morgan fingerprint density at radius 2 is 2.00 bits per heavy atom. The van der Waals surface area contributed by atoms with Gasteiger partial charge >= 0.3 is 5.97 Å². The highest BCUT2D eigenvalue weighted by molar-refractivity contribution is 5.96. The van der Waals surface area contributed by atoms with Gasteiger partial charge in [0.25, 0.3) is 0 Å². The number of hydrogen-bond acceptors (Lipinski definition) is 6. The summed E-state index contributed by atoms with van der Waals surface area (Å²) in [5.74, 6) is 0.583. The van der Waals surface area contributed by atoms with Crippen molar-refractivity contribution < 1.29 is 14.3 Å². The van der Waals surface area contributed by atoms with Crippen LogP contribution in [0.25, 0.3) is 22.3 Å². The van der Waals surface area contributed by atoms with Crippen LogP contribution in [0.15, 0.2) is 42.7 Å². The fourth-order valence-corrected chi connectivity index (χ4v) is 4.42. The molecule has 0 atom stereocenters. The van der Waals surface area contributed by atoms with Crippen LogP contribution in [0.5, 0.6) is 0 Å². The summed E-state index contributed by atoms with van der Waals surface area (Å²) in [4.78, 5) is 21.7. The van der Waals surface area contributed by atoms with E-state index >= 15 is 0 Å². The summed E-state index contributed by atoms with van der Waals surface area (Å²) in [5.41, 5.74) is 6.66. The number of carbonyl (C=O) groups excluding carboxylic acids is 1. The zero-order valence-corrected chi connectivity index (χ0v) is 20.1. The summed E-state index contributed by atoms with van der Waals surface area (Å²) in [6.07, 6.45) is 6.03.